The smallest absolute Gasteiger partial charge is 0.303 e. The molecule has 1 aromatic rings. The molecule has 0 saturated carbocycles. The van der Waals surface area contributed by atoms with Crippen LogP contribution < -0.4 is 0 Å². The molecule has 1 heterocycles. The zero-order valence-electron chi connectivity index (χ0n) is 17.2. The second-order valence-electron chi connectivity index (χ2n) is 7.71. The van der Waals surface area contributed by atoms with Gasteiger partial charge in [-0.1, -0.05) is 71.1 Å². The standard InChI is InChI=1S/C23H40O3/c1-3-4-5-6-7-11-14-17-22-20(2)19-21(26-22)16-13-10-8-9-12-15-18-23(24)25/h19H,3-18H2,1-2H3,(H,24,25). The molecule has 0 saturated heterocycles. The summed E-state index contributed by atoms with van der Waals surface area (Å²) in [5, 5.41) is 8.61. The second-order valence-corrected chi connectivity index (χ2v) is 7.71. The molecule has 0 aliphatic carbocycles. The van der Waals surface area contributed by atoms with E-state index in [1.165, 1.54) is 75.5 Å². The number of unbranched alkanes of at least 4 members (excludes halogenated alkanes) is 11. The molecule has 1 aromatic heterocycles. The third-order valence-corrected chi connectivity index (χ3v) is 5.14. The number of hydrogen-bond acceptors (Lipinski definition) is 2. The molecule has 0 unspecified atom stereocenters. The summed E-state index contributed by atoms with van der Waals surface area (Å²) in [6.07, 6.45) is 18.4. The van der Waals surface area contributed by atoms with Crippen molar-refractivity contribution in [3.05, 3.63) is 23.2 Å². The number of carboxylic acids is 1. The highest BCUT2D eigenvalue weighted by atomic mass is 16.4. The Balaban J connectivity index is 2.06. The monoisotopic (exact) mass is 364 g/mol. The van der Waals surface area contributed by atoms with Gasteiger partial charge in [-0.15, -0.1) is 0 Å². The highest BCUT2D eigenvalue weighted by molar-refractivity contribution is 5.66. The van der Waals surface area contributed by atoms with Gasteiger partial charge >= 0.3 is 5.97 Å². The summed E-state index contributed by atoms with van der Waals surface area (Å²) >= 11 is 0. The maximum Gasteiger partial charge on any atom is 0.303 e. The molecule has 1 rings (SSSR count). The van der Waals surface area contributed by atoms with E-state index in [1.807, 2.05) is 0 Å². The van der Waals surface area contributed by atoms with Gasteiger partial charge in [0.05, 0.1) is 0 Å². The van der Waals surface area contributed by atoms with Crippen molar-refractivity contribution in [3.8, 4) is 0 Å². The molecule has 0 aliphatic rings. The fraction of sp³-hybridized carbons (Fsp3) is 0.783. The van der Waals surface area contributed by atoms with Gasteiger partial charge < -0.3 is 9.52 Å². The highest BCUT2D eigenvalue weighted by Gasteiger charge is 2.07. The summed E-state index contributed by atoms with van der Waals surface area (Å²) in [7, 11) is 0. The van der Waals surface area contributed by atoms with Crippen LogP contribution in [0.4, 0.5) is 0 Å². The summed E-state index contributed by atoms with van der Waals surface area (Å²) in [5.74, 6) is 1.67. The average molecular weight is 365 g/mol. The molecule has 0 spiro atoms. The molecular weight excluding hydrogens is 324 g/mol. The molecule has 3 nitrogen and oxygen atoms in total. The number of rotatable bonds is 17. The van der Waals surface area contributed by atoms with E-state index < -0.39 is 5.97 Å². The summed E-state index contributed by atoms with van der Waals surface area (Å²) in [6.45, 7) is 4.44. The van der Waals surface area contributed by atoms with Crippen LogP contribution in [0, 0.1) is 6.92 Å². The maximum absolute atomic E-state index is 10.4. The number of carbonyl (C=O) groups is 1. The van der Waals surface area contributed by atoms with Crippen molar-refractivity contribution < 1.29 is 14.3 Å². The summed E-state index contributed by atoms with van der Waals surface area (Å²) < 4.78 is 6.07. The van der Waals surface area contributed by atoms with Crippen LogP contribution in [0.25, 0.3) is 0 Å². The molecule has 26 heavy (non-hydrogen) atoms. The Morgan fingerprint density at radius 3 is 2.00 bits per heavy atom. The minimum Gasteiger partial charge on any atom is -0.481 e. The predicted molar refractivity (Wildman–Crippen MR) is 109 cm³/mol. The average Bonchev–Trinajstić information content (AvgIpc) is 2.96. The Labute approximate surface area is 160 Å². The van der Waals surface area contributed by atoms with Gasteiger partial charge in [-0.25, -0.2) is 0 Å². The SMILES string of the molecule is CCCCCCCCCc1oc(CCCCCCCCC(=O)O)cc1C. The van der Waals surface area contributed by atoms with E-state index in [-0.39, 0.29) is 0 Å². The highest BCUT2D eigenvalue weighted by Crippen LogP contribution is 2.20. The van der Waals surface area contributed by atoms with Gasteiger partial charge in [0.15, 0.2) is 0 Å². The minimum absolute atomic E-state index is 0.313. The summed E-state index contributed by atoms with van der Waals surface area (Å²) in [5.41, 5.74) is 1.32. The van der Waals surface area contributed by atoms with Crippen LogP contribution in [0.15, 0.2) is 10.5 Å². The number of aryl methyl sites for hydroxylation is 3. The van der Waals surface area contributed by atoms with Gasteiger partial charge in [0.1, 0.15) is 11.5 Å². The van der Waals surface area contributed by atoms with Gasteiger partial charge in [0, 0.05) is 19.3 Å². The zero-order valence-corrected chi connectivity index (χ0v) is 17.2. The van der Waals surface area contributed by atoms with Crippen molar-refractivity contribution in [2.75, 3.05) is 0 Å². The Kier molecular flexibility index (Phi) is 13.0. The Bertz CT molecular complexity index is 476. The first-order valence-corrected chi connectivity index (χ1v) is 10.9. The van der Waals surface area contributed by atoms with Gasteiger partial charge in [0.2, 0.25) is 0 Å². The molecular formula is C23H40O3. The van der Waals surface area contributed by atoms with Crippen LogP contribution in [0.2, 0.25) is 0 Å². The summed E-state index contributed by atoms with van der Waals surface area (Å²) in [4.78, 5) is 10.4. The predicted octanol–water partition coefficient (Wildman–Crippen LogP) is 7.24. The second kappa shape index (κ2) is 14.9. The van der Waals surface area contributed by atoms with E-state index in [0.29, 0.717) is 6.42 Å². The molecule has 0 radical (unpaired) electrons. The Morgan fingerprint density at radius 1 is 0.846 bits per heavy atom. The number of carboxylic acid groups (broad SMARTS) is 1. The van der Waals surface area contributed by atoms with Crippen molar-refractivity contribution in [3.63, 3.8) is 0 Å². The third-order valence-electron chi connectivity index (χ3n) is 5.14. The molecule has 3 heteroatoms. The lowest BCUT2D eigenvalue weighted by Gasteiger charge is -2.02. The van der Waals surface area contributed by atoms with E-state index in [2.05, 4.69) is 19.9 Å². The van der Waals surface area contributed by atoms with Crippen molar-refractivity contribution in [1.29, 1.82) is 0 Å². The normalized spacial score (nSPS) is 11.2. The first-order valence-electron chi connectivity index (χ1n) is 10.9. The molecule has 150 valence electrons. The van der Waals surface area contributed by atoms with Crippen molar-refractivity contribution >= 4 is 5.97 Å². The molecule has 0 amide bonds. The molecule has 0 aliphatic heterocycles. The lowest BCUT2D eigenvalue weighted by atomic mass is 10.1. The number of aliphatic carboxylic acids is 1. The summed E-state index contributed by atoms with van der Waals surface area (Å²) in [6, 6.07) is 2.23. The van der Waals surface area contributed by atoms with Gasteiger partial charge in [-0.3, -0.25) is 4.79 Å². The van der Waals surface area contributed by atoms with E-state index in [9.17, 15) is 4.79 Å². The number of hydrogen-bond donors (Lipinski definition) is 1. The van der Waals surface area contributed by atoms with Gasteiger partial charge in [-0.2, -0.15) is 0 Å². The van der Waals surface area contributed by atoms with Crippen LogP contribution in [-0.4, -0.2) is 11.1 Å². The van der Waals surface area contributed by atoms with Crippen LogP contribution in [-0.2, 0) is 17.6 Å². The number of furan rings is 1. The fourth-order valence-electron chi connectivity index (χ4n) is 3.49. The lowest BCUT2D eigenvalue weighted by Crippen LogP contribution is -1.93. The van der Waals surface area contributed by atoms with Crippen LogP contribution >= 0.6 is 0 Å². The van der Waals surface area contributed by atoms with Crippen molar-refractivity contribution in [1.82, 2.24) is 0 Å². The van der Waals surface area contributed by atoms with Crippen LogP contribution in [0.1, 0.15) is 114 Å². The third kappa shape index (κ3) is 11.4. The zero-order chi connectivity index (χ0) is 19.0. The molecule has 0 bridgehead atoms. The Hall–Kier alpha value is -1.25. The van der Waals surface area contributed by atoms with Gasteiger partial charge in [0.25, 0.3) is 0 Å². The van der Waals surface area contributed by atoms with E-state index >= 15 is 0 Å². The molecule has 1 N–H and O–H groups in total. The van der Waals surface area contributed by atoms with Crippen LogP contribution in [0.3, 0.4) is 0 Å². The first-order chi connectivity index (χ1) is 12.6. The molecule has 0 fully saturated rings. The fourth-order valence-corrected chi connectivity index (χ4v) is 3.49. The van der Waals surface area contributed by atoms with Gasteiger partial charge in [-0.05, 0) is 37.8 Å². The van der Waals surface area contributed by atoms with Crippen molar-refractivity contribution in [2.45, 2.75) is 117 Å². The minimum atomic E-state index is -0.675. The quantitative estimate of drug-likeness (QED) is 0.296. The molecule has 0 aromatic carbocycles. The van der Waals surface area contributed by atoms with E-state index in [0.717, 1.165) is 37.9 Å². The maximum atomic E-state index is 10.4. The van der Waals surface area contributed by atoms with Crippen molar-refractivity contribution in [2.24, 2.45) is 0 Å². The van der Waals surface area contributed by atoms with Crippen LogP contribution in [0.5, 0.6) is 0 Å². The van der Waals surface area contributed by atoms with E-state index in [4.69, 9.17) is 9.52 Å². The van der Waals surface area contributed by atoms with E-state index in [1.54, 1.807) is 0 Å². The topological polar surface area (TPSA) is 50.4 Å². The first kappa shape index (κ1) is 22.8. The largest absolute Gasteiger partial charge is 0.481 e. The Morgan fingerprint density at radius 2 is 1.38 bits per heavy atom. The molecule has 0 atom stereocenters. The lowest BCUT2D eigenvalue weighted by molar-refractivity contribution is -0.137.